The molecule has 0 radical (unpaired) electrons. The Morgan fingerprint density at radius 1 is 0.758 bits per heavy atom. The van der Waals surface area contributed by atoms with Gasteiger partial charge >= 0.3 is 0 Å². The van der Waals surface area contributed by atoms with E-state index in [9.17, 15) is 0 Å². The number of nitrogens with zero attached hydrogens (tertiary/aromatic N) is 2. The number of hydrogen-bond acceptors (Lipinski definition) is 3. The summed E-state index contributed by atoms with van der Waals surface area (Å²) in [6, 6.07) is 29.6. The van der Waals surface area contributed by atoms with Gasteiger partial charge in [-0.15, -0.1) is 0 Å². The molecule has 4 heteroatoms. The standard InChI is InChI=1S/C29H35ClN2O/c30-27-15-17-28(18-16-27)32-22-20-31(21-23-32)19-8-24-33-29(26-12-5-2-6-13-26)14-7-11-25-9-3-1-4-10-25/h1-6,9-10,12-13,15-18,29H,7-8,11,14,19-24H2. The summed E-state index contributed by atoms with van der Waals surface area (Å²) in [6.45, 7) is 6.23. The van der Waals surface area contributed by atoms with E-state index in [1.165, 1.54) is 16.8 Å². The second kappa shape index (κ2) is 12.8. The minimum Gasteiger partial charge on any atom is -0.373 e. The fraction of sp³-hybridized carbons (Fsp3) is 0.379. The minimum atomic E-state index is 0.177. The highest BCUT2D eigenvalue weighted by atomic mass is 35.5. The molecule has 0 saturated carbocycles. The maximum absolute atomic E-state index is 6.41. The first-order valence-electron chi connectivity index (χ1n) is 12.2. The Hall–Kier alpha value is -2.33. The van der Waals surface area contributed by atoms with Crippen molar-refractivity contribution in [2.45, 2.75) is 31.8 Å². The molecule has 1 fully saturated rings. The molecule has 1 saturated heterocycles. The molecular formula is C29H35ClN2O. The van der Waals surface area contributed by atoms with Gasteiger partial charge in [0.1, 0.15) is 0 Å². The summed E-state index contributed by atoms with van der Waals surface area (Å²) >= 11 is 6.02. The maximum atomic E-state index is 6.41. The van der Waals surface area contributed by atoms with Crippen LogP contribution in [0.25, 0.3) is 0 Å². The normalized spacial score (nSPS) is 15.5. The summed E-state index contributed by atoms with van der Waals surface area (Å²) in [6.07, 6.45) is 4.54. The third-order valence-electron chi connectivity index (χ3n) is 6.45. The lowest BCUT2D eigenvalue weighted by Crippen LogP contribution is -2.46. The minimum absolute atomic E-state index is 0.177. The molecule has 1 aliphatic heterocycles. The fourth-order valence-corrected chi connectivity index (χ4v) is 4.67. The van der Waals surface area contributed by atoms with E-state index in [4.69, 9.17) is 16.3 Å². The third-order valence-corrected chi connectivity index (χ3v) is 6.70. The quantitative estimate of drug-likeness (QED) is 0.297. The van der Waals surface area contributed by atoms with Crippen LogP contribution in [0.4, 0.5) is 5.69 Å². The lowest BCUT2D eigenvalue weighted by atomic mass is 10.0. The van der Waals surface area contributed by atoms with E-state index in [2.05, 4.69) is 82.6 Å². The molecular weight excluding hydrogens is 428 g/mol. The zero-order valence-electron chi connectivity index (χ0n) is 19.4. The number of piperazine rings is 1. The molecule has 3 nitrogen and oxygen atoms in total. The number of benzene rings is 3. The van der Waals surface area contributed by atoms with Crippen molar-refractivity contribution in [2.75, 3.05) is 44.2 Å². The molecule has 0 N–H and O–H groups in total. The highest BCUT2D eigenvalue weighted by Gasteiger charge is 2.17. The first-order valence-corrected chi connectivity index (χ1v) is 12.6. The van der Waals surface area contributed by atoms with E-state index in [0.29, 0.717) is 0 Å². The van der Waals surface area contributed by atoms with Crippen molar-refractivity contribution in [1.82, 2.24) is 4.90 Å². The molecule has 3 aromatic carbocycles. The van der Waals surface area contributed by atoms with Gasteiger partial charge in [0.2, 0.25) is 0 Å². The Balaban J connectivity index is 1.18. The number of halogens is 1. The molecule has 4 rings (SSSR count). The van der Waals surface area contributed by atoms with Gasteiger partial charge in [0.15, 0.2) is 0 Å². The first kappa shape index (κ1) is 23.8. The topological polar surface area (TPSA) is 15.7 Å². The average Bonchev–Trinajstić information content (AvgIpc) is 2.87. The van der Waals surface area contributed by atoms with E-state index < -0.39 is 0 Å². The second-order valence-corrected chi connectivity index (χ2v) is 9.24. The van der Waals surface area contributed by atoms with Crippen molar-refractivity contribution in [1.29, 1.82) is 0 Å². The fourth-order valence-electron chi connectivity index (χ4n) is 4.55. The molecule has 0 amide bonds. The van der Waals surface area contributed by atoms with Gasteiger partial charge in [0.25, 0.3) is 0 Å². The first-order chi connectivity index (χ1) is 16.3. The van der Waals surface area contributed by atoms with E-state index in [1.807, 2.05) is 12.1 Å². The van der Waals surface area contributed by atoms with Crippen LogP contribution >= 0.6 is 11.6 Å². The van der Waals surface area contributed by atoms with Crippen LogP contribution in [0.2, 0.25) is 5.02 Å². The van der Waals surface area contributed by atoms with Gasteiger partial charge < -0.3 is 9.64 Å². The molecule has 33 heavy (non-hydrogen) atoms. The molecule has 174 valence electrons. The van der Waals surface area contributed by atoms with Crippen LogP contribution in [-0.2, 0) is 11.2 Å². The Kier molecular flexibility index (Phi) is 9.23. The lowest BCUT2D eigenvalue weighted by molar-refractivity contribution is 0.0388. The summed E-state index contributed by atoms with van der Waals surface area (Å²) in [5, 5.41) is 0.797. The van der Waals surface area contributed by atoms with Crippen LogP contribution in [0.1, 0.15) is 36.5 Å². The van der Waals surface area contributed by atoms with Crippen LogP contribution < -0.4 is 4.90 Å². The summed E-state index contributed by atoms with van der Waals surface area (Å²) in [5.74, 6) is 0. The maximum Gasteiger partial charge on any atom is 0.0825 e. The Labute approximate surface area is 203 Å². The average molecular weight is 463 g/mol. The number of aryl methyl sites for hydroxylation is 1. The Morgan fingerprint density at radius 2 is 1.42 bits per heavy atom. The van der Waals surface area contributed by atoms with E-state index in [-0.39, 0.29) is 6.10 Å². The van der Waals surface area contributed by atoms with Gasteiger partial charge in [0.05, 0.1) is 6.10 Å². The van der Waals surface area contributed by atoms with Crippen molar-refractivity contribution in [3.05, 3.63) is 101 Å². The van der Waals surface area contributed by atoms with Gasteiger partial charge in [0, 0.05) is 50.0 Å². The molecule has 1 aliphatic rings. The molecule has 0 aliphatic carbocycles. The highest BCUT2D eigenvalue weighted by Crippen LogP contribution is 2.24. The van der Waals surface area contributed by atoms with Crippen molar-refractivity contribution in [3.8, 4) is 0 Å². The van der Waals surface area contributed by atoms with Crippen LogP contribution in [0.3, 0.4) is 0 Å². The Morgan fingerprint density at radius 3 is 2.12 bits per heavy atom. The Bertz CT molecular complexity index is 925. The molecule has 0 spiro atoms. The number of hydrogen-bond donors (Lipinski definition) is 0. The molecule has 1 heterocycles. The molecule has 3 aromatic rings. The van der Waals surface area contributed by atoms with Gasteiger partial charge in [-0.1, -0.05) is 72.3 Å². The largest absolute Gasteiger partial charge is 0.373 e. The molecule has 0 bridgehead atoms. The van der Waals surface area contributed by atoms with E-state index in [1.54, 1.807) is 0 Å². The zero-order chi connectivity index (χ0) is 22.7. The summed E-state index contributed by atoms with van der Waals surface area (Å²) in [4.78, 5) is 5.00. The van der Waals surface area contributed by atoms with Crippen LogP contribution in [-0.4, -0.2) is 44.2 Å². The zero-order valence-corrected chi connectivity index (χ0v) is 20.2. The highest BCUT2D eigenvalue weighted by molar-refractivity contribution is 6.30. The molecule has 1 atom stereocenters. The van der Waals surface area contributed by atoms with Crippen LogP contribution in [0, 0.1) is 0 Å². The van der Waals surface area contributed by atoms with E-state index in [0.717, 1.165) is 70.0 Å². The van der Waals surface area contributed by atoms with Crippen molar-refractivity contribution in [3.63, 3.8) is 0 Å². The smallest absolute Gasteiger partial charge is 0.0825 e. The van der Waals surface area contributed by atoms with Crippen molar-refractivity contribution in [2.24, 2.45) is 0 Å². The SMILES string of the molecule is Clc1ccc(N2CCN(CCCOC(CCCc3ccccc3)c3ccccc3)CC2)cc1. The van der Waals surface area contributed by atoms with Gasteiger partial charge in [-0.2, -0.15) is 0 Å². The number of rotatable bonds is 11. The van der Waals surface area contributed by atoms with Gasteiger partial charge in [-0.05, 0) is 61.1 Å². The van der Waals surface area contributed by atoms with E-state index >= 15 is 0 Å². The van der Waals surface area contributed by atoms with Crippen LogP contribution in [0.5, 0.6) is 0 Å². The predicted octanol–water partition coefficient (Wildman–Crippen LogP) is 6.63. The van der Waals surface area contributed by atoms with Crippen molar-refractivity contribution >= 4 is 17.3 Å². The summed E-state index contributed by atoms with van der Waals surface area (Å²) < 4.78 is 6.41. The number of ether oxygens (including phenoxy) is 1. The molecule has 1 unspecified atom stereocenters. The monoisotopic (exact) mass is 462 g/mol. The summed E-state index contributed by atoms with van der Waals surface area (Å²) in [5.41, 5.74) is 3.97. The van der Waals surface area contributed by atoms with Gasteiger partial charge in [-0.3, -0.25) is 4.90 Å². The number of anilines is 1. The second-order valence-electron chi connectivity index (χ2n) is 8.81. The van der Waals surface area contributed by atoms with Crippen molar-refractivity contribution < 1.29 is 4.74 Å². The van der Waals surface area contributed by atoms with Crippen LogP contribution in [0.15, 0.2) is 84.9 Å². The lowest BCUT2D eigenvalue weighted by Gasteiger charge is -2.36. The molecule has 0 aromatic heterocycles. The van der Waals surface area contributed by atoms with Gasteiger partial charge in [-0.25, -0.2) is 0 Å². The summed E-state index contributed by atoms with van der Waals surface area (Å²) in [7, 11) is 0. The third kappa shape index (κ3) is 7.60. The predicted molar refractivity (Wildman–Crippen MR) is 139 cm³/mol.